The highest BCUT2D eigenvalue weighted by Crippen LogP contribution is 2.30. The van der Waals surface area contributed by atoms with Crippen LogP contribution >= 0.6 is 0 Å². The molecule has 1 amide bonds. The summed E-state index contributed by atoms with van der Waals surface area (Å²) < 4.78 is 0. The smallest absolute Gasteiger partial charge is 0.295 e. The van der Waals surface area contributed by atoms with E-state index in [-0.39, 0.29) is 11.7 Å². The van der Waals surface area contributed by atoms with Crippen LogP contribution in [0.25, 0.3) is 0 Å². The first-order valence-corrected chi connectivity index (χ1v) is 7.06. The minimum Gasteiger partial charge on any atom is -0.331 e. The van der Waals surface area contributed by atoms with Crippen LogP contribution in [0.15, 0.2) is 18.3 Å². The van der Waals surface area contributed by atoms with Gasteiger partial charge in [0.05, 0.1) is 7.05 Å². The van der Waals surface area contributed by atoms with Gasteiger partial charge in [-0.25, -0.2) is 0 Å². The van der Waals surface area contributed by atoms with Crippen LogP contribution in [0.5, 0.6) is 0 Å². The lowest BCUT2D eigenvalue weighted by molar-refractivity contribution is 0.0722. The molecule has 0 atom stereocenters. The second kappa shape index (κ2) is 5.59. The summed E-state index contributed by atoms with van der Waals surface area (Å²) in [7, 11) is 1.65. The van der Waals surface area contributed by atoms with Gasteiger partial charge >= 0.3 is 0 Å². The molecule has 7 nitrogen and oxygen atoms in total. The predicted octanol–water partition coefficient (Wildman–Crippen LogP) is 0.966. The zero-order valence-electron chi connectivity index (χ0n) is 12.2. The molecule has 0 unspecified atom stereocenters. The third-order valence-electron chi connectivity index (χ3n) is 3.51. The van der Waals surface area contributed by atoms with E-state index >= 15 is 0 Å². The van der Waals surface area contributed by atoms with E-state index in [1.54, 1.807) is 11.9 Å². The average molecular weight is 286 g/mol. The third-order valence-corrected chi connectivity index (χ3v) is 3.51. The van der Waals surface area contributed by atoms with Crippen molar-refractivity contribution in [1.82, 2.24) is 30.1 Å². The van der Waals surface area contributed by atoms with E-state index in [2.05, 4.69) is 20.4 Å². The Hall–Kier alpha value is -2.31. The topological polar surface area (TPSA) is 76.8 Å². The number of nitrogens with zero attached hydrogens (tertiary/aromatic N) is 6. The van der Waals surface area contributed by atoms with Crippen molar-refractivity contribution in [3.05, 3.63) is 35.4 Å². The van der Waals surface area contributed by atoms with E-state index in [1.165, 1.54) is 17.6 Å². The first-order valence-electron chi connectivity index (χ1n) is 7.06. The lowest BCUT2D eigenvalue weighted by Crippen LogP contribution is -2.33. The maximum Gasteiger partial charge on any atom is 0.295 e. The van der Waals surface area contributed by atoms with E-state index in [1.807, 2.05) is 25.3 Å². The number of rotatable bonds is 5. The van der Waals surface area contributed by atoms with Gasteiger partial charge in [-0.2, -0.15) is 4.80 Å². The minimum atomic E-state index is -0.171. The maximum atomic E-state index is 12.5. The van der Waals surface area contributed by atoms with E-state index < -0.39 is 0 Å². The monoisotopic (exact) mass is 286 g/mol. The number of carbonyl (C=O) groups is 1. The Morgan fingerprint density at radius 2 is 2.24 bits per heavy atom. The largest absolute Gasteiger partial charge is 0.331 e. The number of pyridine rings is 1. The van der Waals surface area contributed by atoms with Gasteiger partial charge in [-0.15, -0.1) is 10.2 Å². The Bertz CT molecular complexity index is 631. The molecule has 110 valence electrons. The van der Waals surface area contributed by atoms with Gasteiger partial charge in [0.2, 0.25) is 0 Å². The fourth-order valence-corrected chi connectivity index (χ4v) is 2.15. The molecule has 0 saturated heterocycles. The molecule has 2 heterocycles. The van der Waals surface area contributed by atoms with Gasteiger partial charge in [-0.05, 0) is 42.5 Å². The van der Waals surface area contributed by atoms with Crippen LogP contribution in [0.1, 0.15) is 34.7 Å². The number of aromatic nitrogens is 5. The molecule has 0 N–H and O–H groups in total. The fourth-order valence-electron chi connectivity index (χ4n) is 2.15. The summed E-state index contributed by atoms with van der Waals surface area (Å²) >= 11 is 0. The normalized spacial score (nSPS) is 14.2. The highest BCUT2D eigenvalue weighted by atomic mass is 16.2. The molecular weight excluding hydrogens is 268 g/mol. The van der Waals surface area contributed by atoms with Crippen molar-refractivity contribution in [3.63, 3.8) is 0 Å². The Kier molecular flexibility index (Phi) is 3.64. The average Bonchev–Trinajstić information content (AvgIpc) is 3.19. The highest BCUT2D eigenvalue weighted by Gasteiger charge is 2.29. The molecule has 0 spiro atoms. The molecule has 0 radical (unpaired) electrons. The van der Waals surface area contributed by atoms with Crippen LogP contribution in [-0.4, -0.2) is 42.5 Å². The summed E-state index contributed by atoms with van der Waals surface area (Å²) in [6, 6.07) is 3.95. The van der Waals surface area contributed by atoms with Crippen molar-refractivity contribution < 1.29 is 4.79 Å². The van der Waals surface area contributed by atoms with Crippen molar-refractivity contribution in [3.8, 4) is 0 Å². The fraction of sp³-hybridized carbons (Fsp3) is 0.500. The summed E-state index contributed by atoms with van der Waals surface area (Å²) in [5, 5.41) is 11.5. The molecule has 1 aliphatic carbocycles. The molecule has 0 aliphatic heterocycles. The highest BCUT2D eigenvalue weighted by molar-refractivity contribution is 5.90. The van der Waals surface area contributed by atoms with Crippen LogP contribution < -0.4 is 0 Å². The lowest BCUT2D eigenvalue weighted by Gasteiger charge is -2.21. The molecule has 7 heteroatoms. The number of tetrazole rings is 1. The molecule has 0 aromatic carbocycles. The van der Waals surface area contributed by atoms with E-state index in [9.17, 15) is 4.79 Å². The first-order chi connectivity index (χ1) is 10.1. The van der Waals surface area contributed by atoms with Gasteiger partial charge in [0, 0.05) is 25.0 Å². The van der Waals surface area contributed by atoms with Crippen LogP contribution in [0, 0.1) is 12.8 Å². The van der Waals surface area contributed by atoms with Gasteiger partial charge in [0.25, 0.3) is 11.7 Å². The maximum absolute atomic E-state index is 12.5. The number of carbonyl (C=O) groups excluding carboxylic acids is 1. The summed E-state index contributed by atoms with van der Waals surface area (Å²) in [4.78, 5) is 19.9. The Balaban J connectivity index is 1.76. The van der Waals surface area contributed by atoms with Crippen molar-refractivity contribution in [2.24, 2.45) is 13.0 Å². The second-order valence-electron chi connectivity index (χ2n) is 5.54. The van der Waals surface area contributed by atoms with Crippen LogP contribution in [0.2, 0.25) is 0 Å². The molecule has 21 heavy (non-hydrogen) atoms. The lowest BCUT2D eigenvalue weighted by atomic mass is 10.2. The van der Waals surface area contributed by atoms with E-state index in [4.69, 9.17) is 0 Å². The van der Waals surface area contributed by atoms with Gasteiger partial charge in [0.15, 0.2) is 0 Å². The summed E-state index contributed by atoms with van der Waals surface area (Å²) in [5.74, 6) is 0.581. The zero-order chi connectivity index (χ0) is 14.8. The van der Waals surface area contributed by atoms with Gasteiger partial charge in [-0.3, -0.25) is 9.78 Å². The number of hydrogen-bond acceptors (Lipinski definition) is 5. The Morgan fingerprint density at radius 1 is 1.43 bits per heavy atom. The van der Waals surface area contributed by atoms with Crippen molar-refractivity contribution in [2.75, 3.05) is 6.54 Å². The number of amides is 1. The summed E-state index contributed by atoms with van der Waals surface area (Å²) in [6.07, 6.45) is 4.18. The van der Waals surface area contributed by atoms with E-state index in [0.29, 0.717) is 12.5 Å². The molecule has 2 aromatic heterocycles. The number of aryl methyl sites for hydroxylation is 2. The van der Waals surface area contributed by atoms with Crippen LogP contribution in [0.4, 0.5) is 0 Å². The Morgan fingerprint density at radius 3 is 2.81 bits per heavy atom. The van der Waals surface area contributed by atoms with Gasteiger partial charge in [-0.1, -0.05) is 6.07 Å². The first kappa shape index (κ1) is 13.7. The third kappa shape index (κ3) is 3.42. The molecule has 1 aliphatic rings. The van der Waals surface area contributed by atoms with Crippen molar-refractivity contribution in [2.45, 2.75) is 26.3 Å². The SMILES string of the molecule is Cc1ccc(CN(CC2CC2)C(=O)c2nnn(C)n2)cn1. The molecule has 3 rings (SSSR count). The van der Waals surface area contributed by atoms with Gasteiger partial charge < -0.3 is 4.90 Å². The van der Waals surface area contributed by atoms with Crippen LogP contribution in [0.3, 0.4) is 0 Å². The molecule has 0 bridgehead atoms. The van der Waals surface area contributed by atoms with Crippen LogP contribution in [-0.2, 0) is 13.6 Å². The molecule has 1 fully saturated rings. The van der Waals surface area contributed by atoms with Crippen molar-refractivity contribution >= 4 is 5.91 Å². The number of hydrogen-bond donors (Lipinski definition) is 0. The standard InChI is InChI=1S/C14H18N6O/c1-10-3-4-12(7-15-10)9-20(8-11-5-6-11)14(21)13-16-18-19(2)17-13/h3-4,7,11H,5-6,8-9H2,1-2H3. The Labute approximate surface area is 123 Å². The second-order valence-corrected chi connectivity index (χ2v) is 5.54. The predicted molar refractivity (Wildman–Crippen MR) is 75.2 cm³/mol. The molecule has 1 saturated carbocycles. The summed E-state index contributed by atoms with van der Waals surface area (Å²) in [6.45, 7) is 3.21. The van der Waals surface area contributed by atoms with E-state index in [0.717, 1.165) is 17.8 Å². The summed E-state index contributed by atoms with van der Waals surface area (Å²) in [5.41, 5.74) is 1.98. The zero-order valence-corrected chi connectivity index (χ0v) is 12.2. The minimum absolute atomic E-state index is 0.151. The quantitative estimate of drug-likeness (QED) is 0.818. The van der Waals surface area contributed by atoms with Gasteiger partial charge in [0.1, 0.15) is 0 Å². The van der Waals surface area contributed by atoms with Crippen molar-refractivity contribution in [1.29, 1.82) is 0 Å². The molecular formula is C14H18N6O. The molecule has 2 aromatic rings.